The number of hydrogen-bond donors (Lipinski definition) is 1. The number of anilines is 1. The van der Waals surface area contributed by atoms with Gasteiger partial charge in [0.05, 0.1) is 9.85 Å². The SMILES string of the molecule is CC(=O)Nc1cc2c(c([N+](=O)[O-])c1[N+](=O)[O-])OCCO2. The van der Waals surface area contributed by atoms with Gasteiger partial charge in [0.2, 0.25) is 11.7 Å². The topological polar surface area (TPSA) is 134 Å². The highest BCUT2D eigenvalue weighted by molar-refractivity contribution is 5.94. The summed E-state index contributed by atoms with van der Waals surface area (Å²) in [4.78, 5) is 31.3. The van der Waals surface area contributed by atoms with Crippen molar-refractivity contribution in [3.63, 3.8) is 0 Å². The second-order valence-electron chi connectivity index (χ2n) is 3.84. The summed E-state index contributed by atoms with van der Waals surface area (Å²) in [5.41, 5.74) is -1.98. The molecule has 0 aliphatic carbocycles. The van der Waals surface area contributed by atoms with Crippen molar-refractivity contribution in [2.24, 2.45) is 0 Å². The number of nitrogens with one attached hydrogen (secondary N) is 1. The number of hydrogen-bond acceptors (Lipinski definition) is 7. The van der Waals surface area contributed by atoms with Gasteiger partial charge in [-0.3, -0.25) is 25.0 Å². The Morgan fingerprint density at radius 1 is 1.20 bits per heavy atom. The van der Waals surface area contributed by atoms with Gasteiger partial charge in [-0.1, -0.05) is 0 Å². The summed E-state index contributed by atoms with van der Waals surface area (Å²) in [5.74, 6) is -0.918. The molecule has 0 spiro atoms. The van der Waals surface area contributed by atoms with E-state index >= 15 is 0 Å². The van der Waals surface area contributed by atoms with Crippen molar-refractivity contribution in [3.05, 3.63) is 26.3 Å². The molecule has 1 aliphatic rings. The molecule has 10 heteroatoms. The number of carbonyl (C=O) groups excluding carboxylic acids is 1. The largest absolute Gasteiger partial charge is 0.486 e. The summed E-state index contributed by atoms with van der Waals surface area (Å²) in [7, 11) is 0. The Labute approximate surface area is 111 Å². The third kappa shape index (κ3) is 2.30. The summed E-state index contributed by atoms with van der Waals surface area (Å²) < 4.78 is 10.3. The fourth-order valence-corrected chi connectivity index (χ4v) is 1.80. The Hall–Kier alpha value is -2.91. The zero-order chi connectivity index (χ0) is 14.9. The Balaban J connectivity index is 2.74. The first-order valence-electron chi connectivity index (χ1n) is 5.44. The lowest BCUT2D eigenvalue weighted by atomic mass is 10.2. The predicted octanol–water partition coefficient (Wildman–Crippen LogP) is 1.23. The number of rotatable bonds is 3. The average Bonchev–Trinajstić information content (AvgIpc) is 2.35. The van der Waals surface area contributed by atoms with Gasteiger partial charge in [-0.15, -0.1) is 0 Å². The van der Waals surface area contributed by atoms with Crippen LogP contribution in [0.4, 0.5) is 17.1 Å². The molecule has 10 nitrogen and oxygen atoms in total. The van der Waals surface area contributed by atoms with Crippen molar-refractivity contribution >= 4 is 23.0 Å². The van der Waals surface area contributed by atoms with Gasteiger partial charge in [-0.25, -0.2) is 0 Å². The van der Waals surface area contributed by atoms with E-state index in [1.165, 1.54) is 0 Å². The molecule has 0 fully saturated rings. The van der Waals surface area contributed by atoms with E-state index in [2.05, 4.69) is 5.32 Å². The molecule has 0 atom stereocenters. The smallest absolute Gasteiger partial charge is 0.393 e. The summed E-state index contributed by atoms with van der Waals surface area (Å²) in [6, 6.07) is 1.14. The molecule has 0 aromatic heterocycles. The number of amides is 1. The molecule has 2 rings (SSSR count). The molecular formula is C10H9N3O7. The van der Waals surface area contributed by atoms with Gasteiger partial charge >= 0.3 is 11.4 Å². The van der Waals surface area contributed by atoms with E-state index in [9.17, 15) is 25.0 Å². The van der Waals surface area contributed by atoms with Crippen LogP contribution in [0.5, 0.6) is 11.5 Å². The highest BCUT2D eigenvalue weighted by Gasteiger charge is 2.38. The fraction of sp³-hybridized carbons (Fsp3) is 0.300. The van der Waals surface area contributed by atoms with Crippen LogP contribution in [-0.4, -0.2) is 29.0 Å². The number of nitro groups is 2. The first-order valence-corrected chi connectivity index (χ1v) is 5.44. The molecular weight excluding hydrogens is 274 g/mol. The van der Waals surface area contributed by atoms with Gasteiger partial charge < -0.3 is 14.8 Å². The maximum Gasteiger partial charge on any atom is 0.393 e. The van der Waals surface area contributed by atoms with E-state index in [0.29, 0.717) is 0 Å². The van der Waals surface area contributed by atoms with Crippen molar-refractivity contribution in [1.29, 1.82) is 0 Å². The van der Waals surface area contributed by atoms with Crippen LogP contribution in [0.3, 0.4) is 0 Å². The molecule has 1 amide bonds. The fourth-order valence-electron chi connectivity index (χ4n) is 1.80. The average molecular weight is 283 g/mol. The number of nitrogens with zero attached hydrogens (tertiary/aromatic N) is 2. The van der Waals surface area contributed by atoms with Crippen LogP contribution >= 0.6 is 0 Å². The second-order valence-corrected chi connectivity index (χ2v) is 3.84. The molecule has 1 aromatic rings. The van der Waals surface area contributed by atoms with Crippen LogP contribution < -0.4 is 14.8 Å². The van der Waals surface area contributed by atoms with Crippen molar-refractivity contribution in [1.82, 2.24) is 0 Å². The monoisotopic (exact) mass is 283 g/mol. The van der Waals surface area contributed by atoms with Crippen LogP contribution in [0.25, 0.3) is 0 Å². The number of fused-ring (bicyclic) bond motifs is 1. The third-order valence-electron chi connectivity index (χ3n) is 2.46. The van der Waals surface area contributed by atoms with Crippen LogP contribution in [0, 0.1) is 20.2 Å². The highest BCUT2D eigenvalue weighted by Crippen LogP contribution is 2.49. The predicted molar refractivity (Wildman–Crippen MR) is 65.0 cm³/mol. The van der Waals surface area contributed by atoms with E-state index in [0.717, 1.165) is 13.0 Å². The number of ether oxygens (including phenoxy) is 2. The van der Waals surface area contributed by atoms with Crippen LogP contribution in [-0.2, 0) is 4.79 Å². The lowest BCUT2D eigenvalue weighted by molar-refractivity contribution is -0.422. The van der Waals surface area contributed by atoms with Crippen LogP contribution in [0.2, 0.25) is 0 Å². The zero-order valence-electron chi connectivity index (χ0n) is 10.2. The van der Waals surface area contributed by atoms with E-state index in [-0.39, 0.29) is 30.4 Å². The summed E-state index contributed by atoms with van der Waals surface area (Å²) in [5, 5.41) is 24.3. The number of benzene rings is 1. The Morgan fingerprint density at radius 3 is 2.35 bits per heavy atom. The molecule has 1 aliphatic heterocycles. The molecule has 0 bridgehead atoms. The molecule has 20 heavy (non-hydrogen) atoms. The highest BCUT2D eigenvalue weighted by atomic mass is 16.6. The molecule has 1 N–H and O–H groups in total. The van der Waals surface area contributed by atoms with Crippen molar-refractivity contribution in [2.75, 3.05) is 18.5 Å². The molecule has 0 saturated heterocycles. The quantitative estimate of drug-likeness (QED) is 0.651. The van der Waals surface area contributed by atoms with Crippen molar-refractivity contribution < 1.29 is 24.1 Å². The van der Waals surface area contributed by atoms with Crippen molar-refractivity contribution in [2.45, 2.75) is 6.92 Å². The Morgan fingerprint density at radius 2 is 1.80 bits per heavy atom. The normalized spacial score (nSPS) is 12.7. The van der Waals surface area contributed by atoms with E-state index in [1.807, 2.05) is 0 Å². The van der Waals surface area contributed by atoms with Gasteiger partial charge in [0.25, 0.3) is 0 Å². The second kappa shape index (κ2) is 4.99. The molecule has 0 radical (unpaired) electrons. The van der Waals surface area contributed by atoms with E-state index in [4.69, 9.17) is 9.47 Å². The van der Waals surface area contributed by atoms with Gasteiger partial charge in [-0.2, -0.15) is 0 Å². The lowest BCUT2D eigenvalue weighted by Gasteiger charge is -2.19. The van der Waals surface area contributed by atoms with Gasteiger partial charge in [0.15, 0.2) is 5.75 Å². The first kappa shape index (κ1) is 13.5. The lowest BCUT2D eigenvalue weighted by Crippen LogP contribution is -2.18. The zero-order valence-corrected chi connectivity index (χ0v) is 10.2. The molecule has 1 heterocycles. The number of carbonyl (C=O) groups is 1. The van der Waals surface area contributed by atoms with Gasteiger partial charge in [0.1, 0.15) is 18.9 Å². The first-order chi connectivity index (χ1) is 9.41. The molecule has 106 valence electrons. The summed E-state index contributed by atoms with van der Waals surface area (Å²) in [6.07, 6.45) is 0. The Bertz CT molecular complexity index is 613. The third-order valence-corrected chi connectivity index (χ3v) is 2.46. The van der Waals surface area contributed by atoms with Crippen molar-refractivity contribution in [3.8, 4) is 11.5 Å². The minimum absolute atomic E-state index is 0.0164. The molecule has 0 unspecified atom stereocenters. The Kier molecular flexibility index (Phi) is 3.37. The standard InChI is InChI=1S/C10H9N3O7/c1-5(14)11-6-4-7-10(20-3-2-19-7)9(13(17)18)8(6)12(15)16/h4H,2-3H2,1H3,(H,11,14). The van der Waals surface area contributed by atoms with E-state index < -0.39 is 27.1 Å². The minimum atomic E-state index is -0.943. The maximum absolute atomic E-state index is 11.1. The summed E-state index contributed by atoms with van der Waals surface area (Å²) in [6.45, 7) is 1.33. The van der Waals surface area contributed by atoms with E-state index in [1.54, 1.807) is 0 Å². The minimum Gasteiger partial charge on any atom is -0.486 e. The summed E-state index contributed by atoms with van der Waals surface area (Å²) >= 11 is 0. The molecule has 0 saturated carbocycles. The van der Waals surface area contributed by atoms with Crippen LogP contribution in [0.15, 0.2) is 6.07 Å². The maximum atomic E-state index is 11.1. The number of nitro benzene ring substituents is 2. The van der Waals surface area contributed by atoms with Crippen LogP contribution in [0.1, 0.15) is 6.92 Å². The molecule has 1 aromatic carbocycles. The van der Waals surface area contributed by atoms with Gasteiger partial charge in [0, 0.05) is 13.0 Å². The van der Waals surface area contributed by atoms with Gasteiger partial charge in [-0.05, 0) is 0 Å².